The van der Waals surface area contributed by atoms with Crippen molar-refractivity contribution in [2.75, 3.05) is 11.9 Å². The molecule has 0 saturated carbocycles. The second-order valence-corrected chi connectivity index (χ2v) is 7.82. The molecule has 1 aliphatic carbocycles. The lowest BCUT2D eigenvalue weighted by Gasteiger charge is -2.22. The van der Waals surface area contributed by atoms with Crippen molar-refractivity contribution in [1.82, 2.24) is 10.2 Å². The van der Waals surface area contributed by atoms with Crippen LogP contribution in [0, 0.1) is 0 Å². The highest BCUT2D eigenvalue weighted by atomic mass is 16.2. The highest BCUT2D eigenvalue weighted by Gasteiger charge is 2.55. The number of amides is 4. The van der Waals surface area contributed by atoms with E-state index >= 15 is 0 Å². The fraction of sp³-hybridized carbons (Fsp3) is 0.273. The van der Waals surface area contributed by atoms with Gasteiger partial charge in [-0.25, -0.2) is 4.79 Å². The minimum Gasteiger partial charge on any atom is -0.325 e. The van der Waals surface area contributed by atoms with Gasteiger partial charge in [0.2, 0.25) is 5.91 Å². The topological polar surface area (TPSA) is 95.6 Å². The van der Waals surface area contributed by atoms with E-state index in [9.17, 15) is 19.2 Å². The molecule has 0 unspecified atom stereocenters. The molecule has 2 atom stereocenters. The van der Waals surface area contributed by atoms with E-state index in [1.165, 1.54) is 0 Å². The number of carbonyl (C=O) groups is 4. The summed E-state index contributed by atoms with van der Waals surface area (Å²) in [5.74, 6) is -1.17. The van der Waals surface area contributed by atoms with Crippen LogP contribution in [0.2, 0.25) is 0 Å². The van der Waals surface area contributed by atoms with Gasteiger partial charge in [-0.1, -0.05) is 24.3 Å². The van der Waals surface area contributed by atoms with E-state index in [-0.39, 0.29) is 30.1 Å². The summed E-state index contributed by atoms with van der Waals surface area (Å²) in [6.45, 7) is 1.44. The lowest BCUT2D eigenvalue weighted by Crippen LogP contribution is -2.42. The Morgan fingerprint density at radius 2 is 1.97 bits per heavy atom. The maximum atomic E-state index is 13.2. The third-order valence-electron chi connectivity index (χ3n) is 6.22. The summed E-state index contributed by atoms with van der Waals surface area (Å²) in [6.07, 6.45) is 1.19. The summed E-state index contributed by atoms with van der Waals surface area (Å²) in [4.78, 5) is 51.5. The fourth-order valence-corrected chi connectivity index (χ4v) is 4.56. The zero-order valence-corrected chi connectivity index (χ0v) is 15.8. The quantitative estimate of drug-likeness (QED) is 0.622. The van der Waals surface area contributed by atoms with Gasteiger partial charge in [-0.15, -0.1) is 0 Å². The Kier molecular flexibility index (Phi) is 3.65. The number of hydrogen-bond acceptors (Lipinski definition) is 4. The first-order chi connectivity index (χ1) is 13.9. The number of ketones is 1. The number of urea groups is 1. The molecule has 2 aliphatic heterocycles. The van der Waals surface area contributed by atoms with Gasteiger partial charge in [-0.05, 0) is 54.7 Å². The standard InChI is InChI=1S/C22H19N3O4/c1-12-15-10-14(6-7-17(15)23-19(12)27)18(26)11-25-20(28)22(24-21(25)29)9-8-13-4-2-3-5-16(13)22/h2-7,10,12H,8-9,11H2,1H3,(H,23,27)(H,24,29)/t12-,22+/m0/s1. The van der Waals surface area contributed by atoms with Crippen LogP contribution in [0.25, 0.3) is 0 Å². The number of fused-ring (bicyclic) bond motifs is 3. The molecule has 2 heterocycles. The average Bonchev–Trinajstić information content (AvgIpc) is 3.31. The summed E-state index contributed by atoms with van der Waals surface area (Å²) >= 11 is 0. The highest BCUT2D eigenvalue weighted by molar-refractivity contribution is 6.12. The van der Waals surface area contributed by atoms with Crippen molar-refractivity contribution in [1.29, 1.82) is 0 Å². The molecule has 1 saturated heterocycles. The minimum absolute atomic E-state index is 0.111. The van der Waals surface area contributed by atoms with Crippen molar-refractivity contribution in [3.8, 4) is 0 Å². The van der Waals surface area contributed by atoms with Gasteiger partial charge in [0, 0.05) is 11.3 Å². The van der Waals surface area contributed by atoms with Crippen molar-refractivity contribution in [3.05, 3.63) is 64.7 Å². The van der Waals surface area contributed by atoms with Gasteiger partial charge in [0.15, 0.2) is 5.78 Å². The van der Waals surface area contributed by atoms with Gasteiger partial charge >= 0.3 is 6.03 Å². The molecule has 0 radical (unpaired) electrons. The van der Waals surface area contributed by atoms with Crippen LogP contribution in [-0.4, -0.2) is 35.1 Å². The number of imide groups is 1. The van der Waals surface area contributed by atoms with E-state index in [1.807, 2.05) is 24.3 Å². The lowest BCUT2D eigenvalue weighted by molar-refractivity contribution is -0.131. The van der Waals surface area contributed by atoms with Crippen LogP contribution in [-0.2, 0) is 21.5 Å². The number of benzene rings is 2. The molecular formula is C22H19N3O4. The SMILES string of the molecule is C[C@@H]1C(=O)Nc2ccc(C(=O)CN3C(=O)N[C@@]4(CCc5ccccc54)C3=O)cc21. The van der Waals surface area contributed by atoms with Crippen LogP contribution < -0.4 is 10.6 Å². The molecule has 2 aromatic rings. The Balaban J connectivity index is 1.41. The zero-order chi connectivity index (χ0) is 20.3. The van der Waals surface area contributed by atoms with E-state index in [2.05, 4.69) is 10.6 Å². The Labute approximate surface area is 167 Å². The molecule has 3 aliphatic rings. The van der Waals surface area contributed by atoms with E-state index in [4.69, 9.17) is 0 Å². The van der Waals surface area contributed by atoms with E-state index in [0.717, 1.165) is 21.6 Å². The predicted molar refractivity (Wildman–Crippen MR) is 105 cm³/mol. The van der Waals surface area contributed by atoms with E-state index < -0.39 is 11.6 Å². The summed E-state index contributed by atoms with van der Waals surface area (Å²) in [5, 5.41) is 5.59. The van der Waals surface area contributed by atoms with Gasteiger partial charge in [-0.3, -0.25) is 19.3 Å². The number of anilines is 1. The number of aryl methyl sites for hydroxylation is 1. The average molecular weight is 389 g/mol. The maximum absolute atomic E-state index is 13.2. The molecular weight excluding hydrogens is 370 g/mol. The first-order valence-electron chi connectivity index (χ1n) is 9.61. The molecule has 2 N–H and O–H groups in total. The normalized spacial score (nSPS) is 24.5. The summed E-state index contributed by atoms with van der Waals surface area (Å²) in [6, 6.07) is 12.0. The minimum atomic E-state index is -1.07. The predicted octanol–water partition coefficient (Wildman–Crippen LogP) is 2.32. The Morgan fingerprint density at radius 3 is 2.79 bits per heavy atom. The van der Waals surface area contributed by atoms with Crippen molar-refractivity contribution < 1.29 is 19.2 Å². The summed E-state index contributed by atoms with van der Waals surface area (Å²) < 4.78 is 0. The van der Waals surface area contributed by atoms with Crippen LogP contribution >= 0.6 is 0 Å². The molecule has 146 valence electrons. The number of nitrogens with one attached hydrogen (secondary N) is 2. The maximum Gasteiger partial charge on any atom is 0.325 e. The zero-order valence-electron chi connectivity index (χ0n) is 15.8. The molecule has 2 aromatic carbocycles. The third kappa shape index (κ3) is 2.43. The van der Waals surface area contributed by atoms with E-state index in [0.29, 0.717) is 24.1 Å². The van der Waals surface area contributed by atoms with Gasteiger partial charge in [-0.2, -0.15) is 0 Å². The molecule has 1 fully saturated rings. The van der Waals surface area contributed by atoms with Crippen LogP contribution in [0.4, 0.5) is 10.5 Å². The second kappa shape index (κ2) is 6.01. The van der Waals surface area contributed by atoms with Crippen molar-refractivity contribution in [2.24, 2.45) is 0 Å². The number of Topliss-reactive ketones (excluding diaryl/α,β-unsaturated/α-hetero) is 1. The molecule has 1 spiro atoms. The van der Waals surface area contributed by atoms with Crippen molar-refractivity contribution >= 4 is 29.3 Å². The highest BCUT2D eigenvalue weighted by Crippen LogP contribution is 2.41. The molecule has 0 aromatic heterocycles. The van der Waals surface area contributed by atoms with Gasteiger partial charge < -0.3 is 10.6 Å². The smallest absolute Gasteiger partial charge is 0.325 e. The Morgan fingerprint density at radius 1 is 1.17 bits per heavy atom. The first kappa shape index (κ1) is 17.6. The largest absolute Gasteiger partial charge is 0.325 e. The Hall–Kier alpha value is -3.48. The molecule has 4 amide bonds. The Bertz CT molecular complexity index is 1110. The van der Waals surface area contributed by atoms with E-state index in [1.54, 1.807) is 25.1 Å². The number of carbonyl (C=O) groups excluding carboxylic acids is 4. The molecule has 7 nitrogen and oxygen atoms in total. The third-order valence-corrected chi connectivity index (χ3v) is 6.22. The lowest BCUT2D eigenvalue weighted by atomic mass is 9.91. The number of hydrogen-bond donors (Lipinski definition) is 2. The van der Waals surface area contributed by atoms with Gasteiger partial charge in [0.25, 0.3) is 5.91 Å². The number of nitrogens with zero attached hydrogens (tertiary/aromatic N) is 1. The van der Waals surface area contributed by atoms with Crippen molar-refractivity contribution in [2.45, 2.75) is 31.2 Å². The van der Waals surface area contributed by atoms with Crippen LogP contribution in [0.3, 0.4) is 0 Å². The van der Waals surface area contributed by atoms with Crippen molar-refractivity contribution in [3.63, 3.8) is 0 Å². The van der Waals surface area contributed by atoms with Crippen LogP contribution in [0.5, 0.6) is 0 Å². The summed E-state index contributed by atoms with van der Waals surface area (Å²) in [7, 11) is 0. The summed E-state index contributed by atoms with van der Waals surface area (Å²) in [5.41, 5.74) is 2.59. The number of rotatable bonds is 3. The van der Waals surface area contributed by atoms with Gasteiger partial charge in [0.1, 0.15) is 5.54 Å². The first-order valence-corrected chi connectivity index (χ1v) is 9.61. The molecule has 5 rings (SSSR count). The second-order valence-electron chi connectivity index (χ2n) is 7.82. The molecule has 7 heteroatoms. The van der Waals surface area contributed by atoms with Crippen LogP contribution in [0.1, 0.15) is 46.3 Å². The monoisotopic (exact) mass is 389 g/mol. The fourth-order valence-electron chi connectivity index (χ4n) is 4.56. The molecule has 0 bridgehead atoms. The molecule has 29 heavy (non-hydrogen) atoms. The van der Waals surface area contributed by atoms with Gasteiger partial charge in [0.05, 0.1) is 12.5 Å². The van der Waals surface area contributed by atoms with Crippen LogP contribution in [0.15, 0.2) is 42.5 Å².